The molecule has 5 heterocycles. The Morgan fingerprint density at radius 2 is 1.83 bits per heavy atom. The molecule has 1 atom stereocenters. The van der Waals surface area contributed by atoms with Crippen LogP contribution in [0, 0.1) is 5.92 Å². The van der Waals surface area contributed by atoms with E-state index in [0.29, 0.717) is 5.92 Å². The Hall–Kier alpha value is -2.44. The summed E-state index contributed by atoms with van der Waals surface area (Å²) in [6.45, 7) is 3.99. The fourth-order valence-electron chi connectivity index (χ4n) is 6.73. The lowest BCUT2D eigenvalue weighted by molar-refractivity contribution is -0.958. The predicted molar refractivity (Wildman–Crippen MR) is 137 cm³/mol. The average Bonchev–Trinajstić information content (AvgIpc) is 3.53. The highest BCUT2D eigenvalue weighted by Crippen LogP contribution is 2.44. The first-order chi connectivity index (χ1) is 17.2. The van der Waals surface area contributed by atoms with E-state index in [0.717, 1.165) is 86.2 Å². The predicted octanol–water partition coefficient (Wildman–Crippen LogP) is 6.35. The topological polar surface area (TPSA) is 52.3 Å². The van der Waals surface area contributed by atoms with Crippen LogP contribution in [0.15, 0.2) is 58.4 Å². The van der Waals surface area contributed by atoms with Crippen LogP contribution in [0.25, 0.3) is 11.3 Å². The van der Waals surface area contributed by atoms with Crippen LogP contribution in [-0.4, -0.2) is 41.3 Å². The van der Waals surface area contributed by atoms with Crippen molar-refractivity contribution in [2.45, 2.75) is 69.4 Å². The van der Waals surface area contributed by atoms with Gasteiger partial charge in [0.15, 0.2) is 11.9 Å². The van der Waals surface area contributed by atoms with Gasteiger partial charge in [0.2, 0.25) is 0 Å². The third-order valence-electron chi connectivity index (χ3n) is 8.76. The molecule has 3 saturated heterocycles. The molecule has 2 aromatic heterocycles. The molecule has 0 unspecified atom stereocenters. The zero-order valence-electron chi connectivity index (χ0n) is 20.4. The van der Waals surface area contributed by atoms with Crippen molar-refractivity contribution < 1.29 is 18.5 Å². The van der Waals surface area contributed by atoms with Crippen LogP contribution in [-0.2, 0) is 21.5 Å². The van der Waals surface area contributed by atoms with Crippen molar-refractivity contribution in [3.8, 4) is 11.3 Å². The molecule has 0 amide bonds. The number of fused-ring (bicyclic) bond motifs is 3. The number of esters is 1. The average molecular weight is 492 g/mol. The van der Waals surface area contributed by atoms with Crippen molar-refractivity contribution >= 4 is 17.3 Å². The summed E-state index contributed by atoms with van der Waals surface area (Å²) in [4.78, 5) is 15.1. The minimum atomic E-state index is -0.446. The van der Waals surface area contributed by atoms with E-state index in [9.17, 15) is 4.79 Å². The maximum absolute atomic E-state index is 13.9. The summed E-state index contributed by atoms with van der Waals surface area (Å²) >= 11 is 1.72. The van der Waals surface area contributed by atoms with Gasteiger partial charge in [-0.2, -0.15) is 0 Å². The number of hydrogen-bond donors (Lipinski definition) is 0. The van der Waals surface area contributed by atoms with Gasteiger partial charge in [-0.25, -0.2) is 0 Å². The molecule has 1 saturated carbocycles. The highest BCUT2D eigenvalue weighted by molar-refractivity contribution is 7.10. The second-order valence-electron chi connectivity index (χ2n) is 10.9. The summed E-state index contributed by atoms with van der Waals surface area (Å²) in [6.07, 6.45) is 8.74. The van der Waals surface area contributed by atoms with Gasteiger partial charge in [-0.05, 0) is 24.3 Å². The lowest BCUT2D eigenvalue weighted by Crippen LogP contribution is -2.64. The SMILES string of the molecule is O=C(O[C@H]1C[N+]2(Cc3cc(-c4ccccc4)on3)CCC1CC2)C1(c2cccs2)CCCCCC1. The molecule has 0 N–H and O–H groups in total. The summed E-state index contributed by atoms with van der Waals surface area (Å²) in [7, 11) is 0. The van der Waals surface area contributed by atoms with E-state index < -0.39 is 5.41 Å². The zero-order chi connectivity index (χ0) is 23.7. The molecule has 4 fully saturated rings. The van der Waals surface area contributed by atoms with E-state index in [4.69, 9.17) is 9.26 Å². The highest BCUT2D eigenvalue weighted by atomic mass is 32.1. The van der Waals surface area contributed by atoms with Gasteiger partial charge in [-0.15, -0.1) is 11.3 Å². The number of piperidine rings is 3. The standard InChI is InChI=1S/C29H35N2O3S/c32-28(29(27-11-8-18-35-27)14-6-1-2-7-15-29)33-26-21-31(16-12-23(26)13-17-31)20-24-19-25(34-30-24)22-9-4-3-5-10-22/h3-5,8-11,18-19,23,26H,1-2,6-7,12-17,20-21H2/q+1/t23?,26-,31?/m0/s1. The molecule has 3 aliphatic heterocycles. The molecule has 6 heteroatoms. The maximum Gasteiger partial charge on any atom is 0.317 e. The molecule has 184 valence electrons. The van der Waals surface area contributed by atoms with Crippen LogP contribution in [0.4, 0.5) is 0 Å². The molecule has 1 aromatic carbocycles. The lowest BCUT2D eigenvalue weighted by Gasteiger charge is -2.52. The number of thiophene rings is 1. The monoisotopic (exact) mass is 491 g/mol. The zero-order valence-corrected chi connectivity index (χ0v) is 21.2. The Balaban J connectivity index is 1.19. The number of rotatable bonds is 6. The van der Waals surface area contributed by atoms with Gasteiger partial charge >= 0.3 is 5.97 Å². The van der Waals surface area contributed by atoms with Gasteiger partial charge < -0.3 is 13.7 Å². The van der Waals surface area contributed by atoms with Crippen LogP contribution in [0.1, 0.15) is 61.9 Å². The van der Waals surface area contributed by atoms with Crippen LogP contribution in [0.5, 0.6) is 0 Å². The largest absolute Gasteiger partial charge is 0.455 e. The minimum absolute atomic E-state index is 0.00517. The summed E-state index contributed by atoms with van der Waals surface area (Å²) in [5, 5.41) is 6.52. The van der Waals surface area contributed by atoms with Gasteiger partial charge in [0.1, 0.15) is 24.2 Å². The van der Waals surface area contributed by atoms with Crippen molar-refractivity contribution in [2.75, 3.05) is 19.6 Å². The lowest BCUT2D eigenvalue weighted by atomic mass is 9.78. The van der Waals surface area contributed by atoms with Crippen LogP contribution >= 0.6 is 11.3 Å². The number of benzene rings is 1. The van der Waals surface area contributed by atoms with Crippen LogP contribution in [0.3, 0.4) is 0 Å². The van der Waals surface area contributed by atoms with Crippen molar-refractivity contribution in [3.05, 3.63) is 64.5 Å². The second-order valence-corrected chi connectivity index (χ2v) is 11.9. The Morgan fingerprint density at radius 3 is 2.54 bits per heavy atom. The molecule has 3 aromatic rings. The number of carbonyl (C=O) groups is 1. The third-order valence-corrected chi connectivity index (χ3v) is 9.83. The molecule has 5 nitrogen and oxygen atoms in total. The summed E-state index contributed by atoms with van der Waals surface area (Å²) in [6, 6.07) is 16.5. The number of ether oxygens (including phenoxy) is 1. The van der Waals surface area contributed by atoms with Gasteiger partial charge in [-0.1, -0.05) is 67.2 Å². The minimum Gasteiger partial charge on any atom is -0.455 e. The van der Waals surface area contributed by atoms with E-state index >= 15 is 0 Å². The fraction of sp³-hybridized carbons (Fsp3) is 0.517. The molecule has 1 aliphatic carbocycles. The Morgan fingerprint density at radius 1 is 1.06 bits per heavy atom. The molecule has 2 bridgehead atoms. The van der Waals surface area contributed by atoms with Gasteiger partial charge in [0.05, 0.1) is 13.1 Å². The maximum atomic E-state index is 13.9. The first-order valence-corrected chi connectivity index (χ1v) is 14.2. The summed E-state index contributed by atoms with van der Waals surface area (Å²) in [5.41, 5.74) is 1.60. The second kappa shape index (κ2) is 9.55. The van der Waals surface area contributed by atoms with E-state index in [1.807, 2.05) is 18.2 Å². The van der Waals surface area contributed by atoms with Crippen LogP contribution in [0.2, 0.25) is 0 Å². The number of carbonyl (C=O) groups excluding carboxylic acids is 1. The Labute approximate surface area is 211 Å². The molecular formula is C29H35N2O3S+. The van der Waals surface area contributed by atoms with Crippen molar-refractivity contribution in [3.63, 3.8) is 0 Å². The number of quaternary nitrogens is 1. The quantitative estimate of drug-likeness (QED) is 0.229. The smallest absolute Gasteiger partial charge is 0.317 e. The van der Waals surface area contributed by atoms with Gasteiger partial charge in [-0.3, -0.25) is 4.79 Å². The van der Waals surface area contributed by atoms with Crippen molar-refractivity contribution in [1.29, 1.82) is 0 Å². The molecule has 35 heavy (non-hydrogen) atoms. The molecular weight excluding hydrogens is 456 g/mol. The number of nitrogens with zero attached hydrogens (tertiary/aromatic N) is 2. The fourth-order valence-corrected chi connectivity index (χ4v) is 7.70. The molecule has 0 spiro atoms. The third kappa shape index (κ3) is 4.47. The van der Waals surface area contributed by atoms with Crippen molar-refractivity contribution in [2.24, 2.45) is 5.92 Å². The molecule has 4 aliphatic rings. The number of aromatic nitrogens is 1. The number of hydrogen-bond acceptors (Lipinski definition) is 5. The van der Waals surface area contributed by atoms with Crippen molar-refractivity contribution in [1.82, 2.24) is 5.16 Å². The summed E-state index contributed by atoms with van der Waals surface area (Å²) in [5.74, 6) is 1.34. The van der Waals surface area contributed by atoms with Gasteiger partial charge in [0.25, 0.3) is 0 Å². The van der Waals surface area contributed by atoms with E-state index in [1.54, 1.807) is 11.3 Å². The molecule has 0 radical (unpaired) electrons. The first-order valence-electron chi connectivity index (χ1n) is 13.3. The Kier molecular flexibility index (Phi) is 6.27. The first kappa shape index (κ1) is 23.0. The van der Waals surface area contributed by atoms with E-state index in [1.165, 1.54) is 17.7 Å². The van der Waals surface area contributed by atoms with Gasteiger partial charge in [0, 0.05) is 35.3 Å². The normalized spacial score (nSPS) is 27.9. The van der Waals surface area contributed by atoms with Crippen LogP contribution < -0.4 is 0 Å². The van der Waals surface area contributed by atoms with E-state index in [2.05, 4.69) is 40.9 Å². The molecule has 7 rings (SSSR count). The highest BCUT2D eigenvalue weighted by Gasteiger charge is 2.51. The summed E-state index contributed by atoms with van der Waals surface area (Å²) < 4.78 is 13.1. The Bertz CT molecular complexity index is 1120. The van der Waals surface area contributed by atoms with E-state index in [-0.39, 0.29) is 12.1 Å².